The van der Waals surface area contributed by atoms with E-state index in [-0.39, 0.29) is 46.4 Å². The van der Waals surface area contributed by atoms with Crippen LogP contribution in [0.4, 0.5) is 0 Å². The van der Waals surface area contributed by atoms with Gasteiger partial charge in [0, 0.05) is 0 Å². The van der Waals surface area contributed by atoms with Crippen LogP contribution in [0.5, 0.6) is 0 Å². The molecule has 2 aliphatic carbocycles. The fraction of sp³-hybridized carbons (Fsp3) is 0.371. The van der Waals surface area contributed by atoms with Crippen molar-refractivity contribution in [3.05, 3.63) is 128 Å². The fourth-order valence-corrected chi connectivity index (χ4v) is 8.89. The summed E-state index contributed by atoms with van der Waals surface area (Å²) in [5.41, 5.74) is 13.7. The Labute approximate surface area is 266 Å². The smallest absolute Gasteiger partial charge is 1.00 e. The molecule has 3 atom stereocenters. The van der Waals surface area contributed by atoms with Gasteiger partial charge in [0.25, 0.3) is 0 Å². The third kappa shape index (κ3) is 5.63. The van der Waals surface area contributed by atoms with Gasteiger partial charge in [0.05, 0.1) is 0 Å². The normalized spacial score (nSPS) is 21.7. The second-order valence-electron chi connectivity index (χ2n) is 11.8. The third-order valence-corrected chi connectivity index (χ3v) is 10.5. The van der Waals surface area contributed by atoms with Gasteiger partial charge in [0.1, 0.15) is 0 Å². The largest absolute Gasteiger partial charge is 1.00 e. The van der Waals surface area contributed by atoms with Gasteiger partial charge in [0.15, 0.2) is 0 Å². The second kappa shape index (κ2) is 12.7. The molecule has 5 rings (SSSR count). The first-order chi connectivity index (χ1) is 17.0. The van der Waals surface area contributed by atoms with Crippen LogP contribution >= 0.6 is 0 Å². The molecule has 0 amide bonds. The summed E-state index contributed by atoms with van der Waals surface area (Å²) >= 11 is 2.59. The van der Waals surface area contributed by atoms with Crippen LogP contribution in [0, 0.1) is 53.4 Å². The van der Waals surface area contributed by atoms with E-state index in [1.807, 2.05) is 0 Å². The van der Waals surface area contributed by atoms with Crippen molar-refractivity contribution >= 4 is 0 Å². The molecular formula is C35H39Cl3Ti. The average Bonchev–Trinajstić information content (AvgIpc) is 3.03. The molecular weight excluding hydrogens is 575 g/mol. The van der Waals surface area contributed by atoms with E-state index < -0.39 is 0 Å². The Morgan fingerprint density at radius 1 is 0.641 bits per heavy atom. The van der Waals surface area contributed by atoms with Crippen LogP contribution < -0.4 is 37.2 Å². The van der Waals surface area contributed by atoms with Gasteiger partial charge in [-0.1, -0.05) is 0 Å². The molecule has 0 aliphatic heterocycles. The van der Waals surface area contributed by atoms with Crippen LogP contribution in [0.15, 0.2) is 78.4 Å². The molecule has 3 unspecified atom stereocenters. The van der Waals surface area contributed by atoms with Crippen molar-refractivity contribution in [1.29, 1.82) is 0 Å². The van der Waals surface area contributed by atoms with E-state index in [0.717, 1.165) is 6.42 Å². The minimum absolute atomic E-state index is 0. The zero-order valence-electron chi connectivity index (χ0n) is 24.1. The Hall–Kier alpha value is -1.28. The van der Waals surface area contributed by atoms with Crippen molar-refractivity contribution in [2.24, 2.45) is 11.8 Å². The van der Waals surface area contributed by atoms with Crippen molar-refractivity contribution < 1.29 is 57.7 Å². The van der Waals surface area contributed by atoms with E-state index in [2.05, 4.69) is 142 Å². The van der Waals surface area contributed by atoms with Crippen molar-refractivity contribution in [3.8, 4) is 0 Å². The van der Waals surface area contributed by atoms with Crippen LogP contribution in [0.1, 0.15) is 69.8 Å². The first kappa shape index (κ1) is 33.9. The average molecular weight is 614 g/mol. The van der Waals surface area contributed by atoms with Crippen LogP contribution in [-0.2, 0) is 25.9 Å². The number of fused-ring (bicyclic) bond motifs is 1. The Kier molecular flexibility index (Phi) is 11.1. The first-order valence-corrected chi connectivity index (χ1v) is 14.2. The third-order valence-electron chi connectivity index (χ3n) is 8.66. The molecule has 3 aromatic carbocycles. The second-order valence-corrected chi connectivity index (χ2v) is 13.0. The monoisotopic (exact) mass is 612 g/mol. The predicted octanol–water partition coefficient (Wildman–Crippen LogP) is 0.131. The molecule has 39 heavy (non-hydrogen) atoms. The summed E-state index contributed by atoms with van der Waals surface area (Å²) in [5.74, 6) is 1.16. The molecule has 0 spiro atoms. The SMILES string of the molecule is Cc1cc(C)cc(C(c2cc(C)cc(C)c2)(c2cc(C)cc(C)c2)[C]2([Ti+3])C3=CC=CCC3CC2C)c1.[Cl-].[Cl-].[Cl-]. The maximum Gasteiger partial charge on any atom is -1.00 e. The van der Waals surface area contributed by atoms with E-state index in [4.69, 9.17) is 0 Å². The maximum absolute atomic E-state index is 2.59. The summed E-state index contributed by atoms with van der Waals surface area (Å²) in [7, 11) is 0. The minimum Gasteiger partial charge on any atom is -1.00 e. The van der Waals surface area contributed by atoms with E-state index in [0.29, 0.717) is 11.8 Å². The zero-order chi connectivity index (χ0) is 25.8. The molecule has 0 heterocycles. The van der Waals surface area contributed by atoms with Crippen LogP contribution in [0.25, 0.3) is 0 Å². The molecule has 3 aromatic rings. The Morgan fingerprint density at radius 3 is 1.36 bits per heavy atom. The van der Waals surface area contributed by atoms with Crippen molar-refractivity contribution in [2.75, 3.05) is 0 Å². The van der Waals surface area contributed by atoms with Crippen molar-refractivity contribution in [3.63, 3.8) is 0 Å². The topological polar surface area (TPSA) is 0 Å². The van der Waals surface area contributed by atoms with Gasteiger partial charge in [-0.3, -0.25) is 0 Å². The summed E-state index contributed by atoms with van der Waals surface area (Å²) in [4.78, 5) is 0. The predicted molar refractivity (Wildman–Crippen MR) is 149 cm³/mol. The molecule has 0 aromatic heterocycles. The van der Waals surface area contributed by atoms with Crippen LogP contribution in [0.2, 0.25) is 3.72 Å². The minimum atomic E-state index is -0.303. The standard InChI is InChI=1S/C35H39.3ClH.Ti/c1-22-12-23(2)16-30(15-22)35(31-17-24(3)13-25(4)18-31,32-19-26(5)14-27(6)20-32)34-28(7)21-29-10-8-9-11-33(29)34;;;;/h8-9,11-20,28-29H,10,21H2,1-7H3;3*1H;/q;;;;+3/p-3. The van der Waals surface area contributed by atoms with E-state index in [1.165, 1.54) is 56.5 Å². The number of benzene rings is 3. The summed E-state index contributed by atoms with van der Waals surface area (Å²) in [6, 6.07) is 21.8. The van der Waals surface area contributed by atoms with E-state index in [1.54, 1.807) is 5.57 Å². The number of halogens is 3. The fourth-order valence-electron chi connectivity index (χ4n) is 7.58. The molecule has 0 N–H and O–H groups in total. The van der Waals surface area contributed by atoms with Gasteiger partial charge in [-0.2, -0.15) is 0 Å². The number of hydrogen-bond donors (Lipinski definition) is 0. The number of aryl methyl sites for hydroxylation is 6. The van der Waals surface area contributed by atoms with Gasteiger partial charge in [0.2, 0.25) is 0 Å². The number of hydrogen-bond acceptors (Lipinski definition) is 0. The van der Waals surface area contributed by atoms with Gasteiger partial charge in [-0.25, -0.2) is 0 Å². The van der Waals surface area contributed by atoms with Crippen molar-refractivity contribution in [2.45, 2.75) is 70.4 Å². The Morgan fingerprint density at radius 2 is 1.00 bits per heavy atom. The molecule has 2 aliphatic rings. The van der Waals surface area contributed by atoms with Gasteiger partial charge in [-0.15, -0.1) is 0 Å². The van der Waals surface area contributed by atoms with Crippen LogP contribution in [0.3, 0.4) is 0 Å². The van der Waals surface area contributed by atoms with Gasteiger partial charge in [-0.05, 0) is 0 Å². The molecule has 0 saturated heterocycles. The molecule has 1 saturated carbocycles. The molecule has 0 bridgehead atoms. The Bertz CT molecular complexity index is 1220. The van der Waals surface area contributed by atoms with Gasteiger partial charge < -0.3 is 37.2 Å². The van der Waals surface area contributed by atoms with Crippen molar-refractivity contribution in [1.82, 2.24) is 0 Å². The molecule has 4 heteroatoms. The molecule has 0 radical (unpaired) electrons. The maximum atomic E-state index is 2.59. The number of rotatable bonds is 4. The molecule has 0 nitrogen and oxygen atoms in total. The molecule has 1 fully saturated rings. The van der Waals surface area contributed by atoms with Crippen LogP contribution in [-0.4, -0.2) is 0 Å². The zero-order valence-corrected chi connectivity index (χ0v) is 28.0. The summed E-state index contributed by atoms with van der Waals surface area (Å²) in [6.07, 6.45) is 9.57. The quantitative estimate of drug-likeness (QED) is 0.290. The van der Waals surface area contributed by atoms with E-state index in [9.17, 15) is 0 Å². The Balaban J connectivity index is 0.00000178. The molecule has 204 valence electrons. The van der Waals surface area contributed by atoms with Gasteiger partial charge >= 0.3 is 231 Å². The first-order valence-electron chi connectivity index (χ1n) is 13.4. The summed E-state index contributed by atoms with van der Waals surface area (Å²) in [6.45, 7) is 16.1. The summed E-state index contributed by atoms with van der Waals surface area (Å²) < 4.78 is -0.0663. The van der Waals surface area contributed by atoms with E-state index >= 15 is 0 Å². The summed E-state index contributed by atoms with van der Waals surface area (Å²) in [5, 5.41) is 0. The number of allylic oxidation sites excluding steroid dienone is 4.